The fraction of sp³-hybridized carbons (Fsp3) is 0.0270. The molecule has 1 aliphatic rings. The molecule has 1 unspecified atom stereocenters. The second-order valence-electron chi connectivity index (χ2n) is 10.6. The molecule has 0 aromatic heterocycles. The summed E-state index contributed by atoms with van der Waals surface area (Å²) in [6.07, 6.45) is 0. The Morgan fingerprint density at radius 1 is 0.537 bits per heavy atom. The average Bonchev–Trinajstić information content (AvgIpc) is 3.11. The van der Waals surface area contributed by atoms with Crippen LogP contribution in [0.2, 0.25) is 6.55 Å². The molecule has 1 aliphatic heterocycles. The summed E-state index contributed by atoms with van der Waals surface area (Å²) >= 11 is 0. The standard InChI is InChI=1S/C37H27F2PSi/c1-41(32-24-20-30(39)21-25-32)34-17-9-15-26-14-8-16-33(35(26)34)40(31-22-18-29(38)19-23-31)36(27-10-4-2-5-11-27)37(41)28-12-6-3-7-13-28/h2-25H,1H3/t40?,41-/m1/s1. The summed E-state index contributed by atoms with van der Waals surface area (Å²) in [6.45, 7) is 2.42. The van der Waals surface area contributed by atoms with Gasteiger partial charge in [0.1, 0.15) is 19.7 Å². The van der Waals surface area contributed by atoms with Gasteiger partial charge in [0.25, 0.3) is 0 Å². The second kappa shape index (κ2) is 10.3. The first-order valence-electron chi connectivity index (χ1n) is 13.8. The van der Waals surface area contributed by atoms with Gasteiger partial charge in [-0.05, 0) is 85.6 Å². The average molecular weight is 569 g/mol. The summed E-state index contributed by atoms with van der Waals surface area (Å²) in [4.78, 5) is 0. The largest absolute Gasteiger partial charge is 0.207 e. The van der Waals surface area contributed by atoms with Crippen LogP contribution in [0, 0.1) is 11.6 Å². The Kier molecular flexibility index (Phi) is 6.50. The van der Waals surface area contributed by atoms with E-state index in [1.165, 1.54) is 37.3 Å². The van der Waals surface area contributed by atoms with E-state index in [4.69, 9.17) is 0 Å². The smallest absolute Gasteiger partial charge is 0.147 e. The Morgan fingerprint density at radius 3 is 1.73 bits per heavy atom. The van der Waals surface area contributed by atoms with E-state index in [0.717, 1.165) is 16.1 Å². The van der Waals surface area contributed by atoms with Crippen LogP contribution in [0.1, 0.15) is 11.1 Å². The van der Waals surface area contributed by atoms with E-state index in [0.29, 0.717) is 0 Å². The van der Waals surface area contributed by atoms with Gasteiger partial charge in [-0.3, -0.25) is 0 Å². The maximum Gasteiger partial charge on any atom is 0.147 e. The van der Waals surface area contributed by atoms with Crippen molar-refractivity contribution in [3.63, 3.8) is 0 Å². The quantitative estimate of drug-likeness (QED) is 0.150. The summed E-state index contributed by atoms with van der Waals surface area (Å²) < 4.78 is 28.7. The van der Waals surface area contributed by atoms with Crippen LogP contribution in [-0.2, 0) is 0 Å². The lowest BCUT2D eigenvalue weighted by atomic mass is 10.1. The number of benzene rings is 6. The molecule has 6 aromatic rings. The molecule has 7 rings (SSSR count). The summed E-state index contributed by atoms with van der Waals surface area (Å²) in [6, 6.07) is 48.8. The molecule has 0 nitrogen and oxygen atoms in total. The molecule has 0 amide bonds. The van der Waals surface area contributed by atoms with Crippen LogP contribution in [0.25, 0.3) is 21.3 Å². The van der Waals surface area contributed by atoms with Crippen LogP contribution in [0.15, 0.2) is 146 Å². The molecule has 1 heterocycles. The monoisotopic (exact) mass is 568 g/mol. The molecular formula is C37H27F2PSi. The van der Waals surface area contributed by atoms with Crippen LogP contribution in [0.3, 0.4) is 0 Å². The van der Waals surface area contributed by atoms with Crippen LogP contribution in [0.5, 0.6) is 0 Å². The van der Waals surface area contributed by atoms with Gasteiger partial charge >= 0.3 is 0 Å². The Hall–Kier alpha value is -4.17. The normalized spacial score (nSPS) is 18.4. The van der Waals surface area contributed by atoms with Gasteiger partial charge in [-0.25, -0.2) is 8.78 Å². The topological polar surface area (TPSA) is 0 Å². The van der Waals surface area contributed by atoms with E-state index in [1.807, 2.05) is 24.3 Å². The summed E-state index contributed by atoms with van der Waals surface area (Å²) in [7, 11) is -3.88. The minimum Gasteiger partial charge on any atom is -0.207 e. The van der Waals surface area contributed by atoms with Crippen molar-refractivity contribution >= 4 is 58.3 Å². The number of halogens is 2. The Bertz CT molecular complexity index is 1890. The van der Waals surface area contributed by atoms with E-state index in [9.17, 15) is 8.78 Å². The first-order chi connectivity index (χ1) is 20.1. The molecule has 0 N–H and O–H groups in total. The molecular weight excluding hydrogens is 541 g/mol. The molecule has 41 heavy (non-hydrogen) atoms. The van der Waals surface area contributed by atoms with Crippen molar-refractivity contribution in [2.45, 2.75) is 6.55 Å². The summed E-state index contributed by atoms with van der Waals surface area (Å²) in [5.41, 5.74) is 2.33. The predicted octanol–water partition coefficient (Wildman–Crippen LogP) is 7.86. The second-order valence-corrected chi connectivity index (χ2v) is 16.6. The lowest BCUT2D eigenvalue weighted by molar-refractivity contribution is 0.628. The van der Waals surface area contributed by atoms with Gasteiger partial charge in [0.2, 0.25) is 0 Å². The molecule has 0 bridgehead atoms. The molecule has 0 saturated carbocycles. The summed E-state index contributed by atoms with van der Waals surface area (Å²) in [5, 5.41) is 9.90. The number of rotatable bonds is 4. The third-order valence-electron chi connectivity index (χ3n) is 8.24. The highest BCUT2D eigenvalue weighted by atomic mass is 31.1. The molecule has 0 saturated heterocycles. The van der Waals surface area contributed by atoms with Crippen molar-refractivity contribution in [2.75, 3.05) is 0 Å². The van der Waals surface area contributed by atoms with E-state index in [2.05, 4.69) is 104 Å². The highest BCUT2D eigenvalue weighted by molar-refractivity contribution is 7.83. The van der Waals surface area contributed by atoms with Crippen molar-refractivity contribution < 1.29 is 8.78 Å². The predicted molar refractivity (Wildman–Crippen MR) is 174 cm³/mol. The van der Waals surface area contributed by atoms with Gasteiger partial charge < -0.3 is 0 Å². The van der Waals surface area contributed by atoms with Gasteiger partial charge in [0.05, 0.1) is 0 Å². The van der Waals surface area contributed by atoms with Crippen molar-refractivity contribution in [2.24, 2.45) is 0 Å². The maximum atomic E-state index is 14.4. The third kappa shape index (κ3) is 4.28. The van der Waals surface area contributed by atoms with E-state index in [1.54, 1.807) is 24.3 Å². The SMILES string of the molecule is C[Si@]1(c2ccc(F)cc2)C(c2ccccc2)=C(c2ccccc2)P(c2ccc(F)cc2)c2cccc3cccc1c23. The van der Waals surface area contributed by atoms with Gasteiger partial charge in [0.15, 0.2) is 0 Å². The lowest BCUT2D eigenvalue weighted by Crippen LogP contribution is -2.57. The fourth-order valence-electron chi connectivity index (χ4n) is 6.37. The number of hydrogen-bond donors (Lipinski definition) is 0. The Morgan fingerprint density at radius 2 is 1.10 bits per heavy atom. The van der Waals surface area contributed by atoms with E-state index < -0.39 is 16.0 Å². The van der Waals surface area contributed by atoms with Crippen LogP contribution in [0.4, 0.5) is 8.78 Å². The van der Waals surface area contributed by atoms with Crippen molar-refractivity contribution in [3.05, 3.63) is 168 Å². The van der Waals surface area contributed by atoms with Crippen molar-refractivity contribution in [1.82, 2.24) is 0 Å². The first-order valence-corrected chi connectivity index (χ1v) is 17.6. The van der Waals surface area contributed by atoms with Crippen molar-refractivity contribution in [3.8, 4) is 0 Å². The van der Waals surface area contributed by atoms with Gasteiger partial charge in [-0.15, -0.1) is 0 Å². The third-order valence-corrected chi connectivity index (χ3v) is 15.6. The zero-order valence-corrected chi connectivity index (χ0v) is 24.5. The van der Waals surface area contributed by atoms with E-state index >= 15 is 0 Å². The number of hydrogen-bond acceptors (Lipinski definition) is 0. The van der Waals surface area contributed by atoms with Crippen LogP contribution >= 0.6 is 7.92 Å². The van der Waals surface area contributed by atoms with Crippen LogP contribution < -0.4 is 21.0 Å². The van der Waals surface area contributed by atoms with Crippen molar-refractivity contribution in [1.29, 1.82) is 0 Å². The molecule has 0 radical (unpaired) electrons. The Labute approximate surface area is 241 Å². The zero-order valence-electron chi connectivity index (χ0n) is 22.6. The molecule has 198 valence electrons. The fourth-order valence-corrected chi connectivity index (χ4v) is 14.4. The first kappa shape index (κ1) is 25.8. The van der Waals surface area contributed by atoms with Crippen LogP contribution in [-0.4, -0.2) is 8.07 Å². The minimum absolute atomic E-state index is 0.235. The molecule has 4 heteroatoms. The molecule has 0 spiro atoms. The minimum atomic E-state index is -2.78. The van der Waals surface area contributed by atoms with Gasteiger partial charge in [0, 0.05) is 0 Å². The summed E-state index contributed by atoms with van der Waals surface area (Å²) in [5.74, 6) is -0.475. The maximum absolute atomic E-state index is 14.4. The van der Waals surface area contributed by atoms with Gasteiger partial charge in [-0.2, -0.15) is 0 Å². The molecule has 2 atom stereocenters. The van der Waals surface area contributed by atoms with Gasteiger partial charge in [-0.1, -0.05) is 128 Å². The molecule has 6 aromatic carbocycles. The lowest BCUT2D eigenvalue weighted by Gasteiger charge is -2.34. The molecule has 0 fully saturated rings. The Balaban J connectivity index is 1.74. The zero-order chi connectivity index (χ0) is 28.0. The highest BCUT2D eigenvalue weighted by Gasteiger charge is 2.44. The van der Waals surface area contributed by atoms with E-state index in [-0.39, 0.29) is 11.6 Å². The highest BCUT2D eigenvalue weighted by Crippen LogP contribution is 2.56. The molecule has 0 aliphatic carbocycles.